The topological polar surface area (TPSA) is 47.6 Å². The van der Waals surface area contributed by atoms with Crippen molar-refractivity contribution >= 4 is 0 Å². The lowest BCUT2D eigenvalue weighted by molar-refractivity contribution is 0.631. The van der Waals surface area contributed by atoms with E-state index in [9.17, 15) is 4.39 Å². The molecule has 0 saturated heterocycles. The van der Waals surface area contributed by atoms with Crippen LogP contribution in [0.1, 0.15) is 11.1 Å². The van der Waals surface area contributed by atoms with Gasteiger partial charge in [-0.15, -0.1) is 0 Å². The van der Waals surface area contributed by atoms with Crippen LogP contribution in [0.15, 0.2) is 66.7 Å². The van der Waals surface area contributed by atoms with E-state index in [1.54, 1.807) is 24.3 Å². The summed E-state index contributed by atoms with van der Waals surface area (Å²) in [7, 11) is 0. The van der Waals surface area contributed by atoms with Gasteiger partial charge in [-0.1, -0.05) is 42.5 Å². The van der Waals surface area contributed by atoms with Crippen LogP contribution in [0.4, 0.5) is 4.39 Å². The van der Waals surface area contributed by atoms with Crippen molar-refractivity contribution in [2.75, 3.05) is 0 Å². The maximum absolute atomic E-state index is 14.0. The molecule has 0 aliphatic carbocycles. The second-order valence-electron chi connectivity index (χ2n) is 5.07. The first kappa shape index (κ1) is 14.5. The predicted octanol–water partition coefficient (Wildman–Crippen LogP) is 4.90. The Balaban J connectivity index is 1.93. The monoisotopic (exact) mass is 298 g/mol. The Kier molecular flexibility index (Phi) is 3.87. The van der Waals surface area contributed by atoms with Crippen molar-refractivity contribution in [3.63, 3.8) is 0 Å². The molecule has 108 valence electrons. The van der Waals surface area contributed by atoms with Gasteiger partial charge >= 0.3 is 0 Å². The zero-order valence-electron chi connectivity index (χ0n) is 12.1. The number of benzene rings is 3. The summed E-state index contributed by atoms with van der Waals surface area (Å²) in [5.74, 6) is -0.407. The molecule has 0 unspecified atom stereocenters. The number of nitriles is 2. The van der Waals surface area contributed by atoms with Gasteiger partial charge in [0, 0.05) is 5.56 Å². The third-order valence-corrected chi connectivity index (χ3v) is 3.64. The summed E-state index contributed by atoms with van der Waals surface area (Å²) in [4.78, 5) is 0. The quantitative estimate of drug-likeness (QED) is 0.675. The molecule has 0 aliphatic rings. The van der Waals surface area contributed by atoms with Gasteiger partial charge in [0.05, 0.1) is 23.3 Å². The summed E-state index contributed by atoms with van der Waals surface area (Å²) in [6.45, 7) is 0. The largest absolute Gasteiger partial charge is 0.206 e. The molecule has 0 aliphatic heterocycles. The summed E-state index contributed by atoms with van der Waals surface area (Å²) < 4.78 is 14.0. The maximum atomic E-state index is 14.0. The summed E-state index contributed by atoms with van der Waals surface area (Å²) >= 11 is 0. The molecule has 0 amide bonds. The lowest BCUT2D eigenvalue weighted by atomic mass is 9.99. The van der Waals surface area contributed by atoms with Gasteiger partial charge in [-0.05, 0) is 41.0 Å². The van der Waals surface area contributed by atoms with Gasteiger partial charge in [-0.25, -0.2) is 4.39 Å². The van der Waals surface area contributed by atoms with Crippen molar-refractivity contribution in [1.29, 1.82) is 10.5 Å². The molecule has 0 bridgehead atoms. The van der Waals surface area contributed by atoms with E-state index in [0.29, 0.717) is 16.7 Å². The molecule has 3 rings (SSSR count). The van der Waals surface area contributed by atoms with E-state index in [1.807, 2.05) is 42.5 Å². The Bertz CT molecular complexity index is 927. The van der Waals surface area contributed by atoms with E-state index in [-0.39, 0.29) is 0 Å². The van der Waals surface area contributed by atoms with Gasteiger partial charge in [-0.2, -0.15) is 10.5 Å². The van der Waals surface area contributed by atoms with Crippen LogP contribution in [-0.2, 0) is 0 Å². The Morgan fingerprint density at radius 2 is 1.09 bits per heavy atom. The molecule has 0 heterocycles. The third kappa shape index (κ3) is 2.95. The second kappa shape index (κ2) is 6.13. The van der Waals surface area contributed by atoms with E-state index in [0.717, 1.165) is 16.7 Å². The highest BCUT2D eigenvalue weighted by molar-refractivity contribution is 5.71. The van der Waals surface area contributed by atoms with E-state index in [1.165, 1.54) is 6.07 Å². The number of hydrogen-bond acceptors (Lipinski definition) is 2. The van der Waals surface area contributed by atoms with E-state index >= 15 is 0 Å². The first-order chi connectivity index (χ1) is 11.2. The molecule has 0 fully saturated rings. The number of hydrogen-bond donors (Lipinski definition) is 0. The highest BCUT2D eigenvalue weighted by Crippen LogP contribution is 2.27. The number of nitrogens with zero attached hydrogens (tertiary/aromatic N) is 2. The molecule has 23 heavy (non-hydrogen) atoms. The normalized spacial score (nSPS) is 9.87. The fourth-order valence-electron chi connectivity index (χ4n) is 2.40. The average Bonchev–Trinajstić information content (AvgIpc) is 2.62. The summed E-state index contributed by atoms with van der Waals surface area (Å²) in [6, 6.07) is 23.3. The van der Waals surface area contributed by atoms with Crippen molar-refractivity contribution in [3.05, 3.63) is 83.7 Å². The van der Waals surface area contributed by atoms with Crippen molar-refractivity contribution < 1.29 is 4.39 Å². The van der Waals surface area contributed by atoms with Crippen molar-refractivity contribution in [1.82, 2.24) is 0 Å². The minimum absolute atomic E-state index is 0.306. The van der Waals surface area contributed by atoms with E-state index in [2.05, 4.69) is 6.07 Å². The Morgan fingerprint density at radius 3 is 1.61 bits per heavy atom. The zero-order valence-corrected chi connectivity index (χ0v) is 12.1. The minimum atomic E-state index is -0.407. The number of halogens is 1. The van der Waals surface area contributed by atoms with Crippen LogP contribution in [0.5, 0.6) is 0 Å². The van der Waals surface area contributed by atoms with Crippen molar-refractivity contribution in [2.45, 2.75) is 0 Å². The Hall–Kier alpha value is -3.43. The van der Waals surface area contributed by atoms with Crippen LogP contribution in [0, 0.1) is 28.5 Å². The minimum Gasteiger partial charge on any atom is -0.206 e. The molecule has 0 spiro atoms. The first-order valence-electron chi connectivity index (χ1n) is 7.02. The summed E-state index contributed by atoms with van der Waals surface area (Å²) in [6.07, 6.45) is 0. The molecule has 0 aromatic heterocycles. The Morgan fingerprint density at radius 1 is 0.609 bits per heavy atom. The SMILES string of the molecule is N#Cc1ccc(-c2ccc(-c3ccc(C#N)cc3F)cc2)cc1. The van der Waals surface area contributed by atoms with Crippen LogP contribution in [-0.4, -0.2) is 0 Å². The second-order valence-corrected chi connectivity index (χ2v) is 5.07. The molecular formula is C20H11FN2. The molecule has 0 saturated carbocycles. The van der Waals surface area contributed by atoms with Gasteiger partial charge in [-0.3, -0.25) is 0 Å². The molecule has 3 heteroatoms. The van der Waals surface area contributed by atoms with Crippen LogP contribution in [0.3, 0.4) is 0 Å². The van der Waals surface area contributed by atoms with Crippen molar-refractivity contribution in [3.8, 4) is 34.4 Å². The van der Waals surface area contributed by atoms with Gasteiger partial charge in [0.2, 0.25) is 0 Å². The predicted molar refractivity (Wildman–Crippen MR) is 86.7 cm³/mol. The van der Waals surface area contributed by atoms with Gasteiger partial charge in [0.15, 0.2) is 0 Å². The van der Waals surface area contributed by atoms with Crippen LogP contribution < -0.4 is 0 Å². The molecule has 3 aromatic rings. The van der Waals surface area contributed by atoms with E-state index < -0.39 is 5.82 Å². The lowest BCUT2D eigenvalue weighted by Gasteiger charge is -2.06. The van der Waals surface area contributed by atoms with Gasteiger partial charge < -0.3 is 0 Å². The van der Waals surface area contributed by atoms with Gasteiger partial charge in [0.1, 0.15) is 5.82 Å². The van der Waals surface area contributed by atoms with Crippen LogP contribution >= 0.6 is 0 Å². The lowest BCUT2D eigenvalue weighted by Crippen LogP contribution is -1.87. The average molecular weight is 298 g/mol. The van der Waals surface area contributed by atoms with Crippen LogP contribution in [0.2, 0.25) is 0 Å². The Labute approximate surface area is 133 Å². The molecular weight excluding hydrogens is 287 g/mol. The fraction of sp³-hybridized carbons (Fsp3) is 0. The smallest absolute Gasteiger partial charge is 0.132 e. The summed E-state index contributed by atoms with van der Waals surface area (Å²) in [5, 5.41) is 17.6. The highest BCUT2D eigenvalue weighted by Gasteiger charge is 2.07. The number of rotatable bonds is 2. The zero-order chi connectivity index (χ0) is 16.2. The standard InChI is InChI=1S/C20H11FN2/c21-20-11-15(13-23)3-10-19(20)18-8-6-17(7-9-18)16-4-1-14(12-22)2-5-16/h1-11H. The summed E-state index contributed by atoms with van der Waals surface area (Å²) in [5.41, 5.74) is 4.13. The fourth-order valence-corrected chi connectivity index (χ4v) is 2.40. The van der Waals surface area contributed by atoms with E-state index in [4.69, 9.17) is 10.5 Å². The molecule has 2 nitrogen and oxygen atoms in total. The first-order valence-corrected chi connectivity index (χ1v) is 7.02. The molecule has 0 atom stereocenters. The maximum Gasteiger partial charge on any atom is 0.132 e. The van der Waals surface area contributed by atoms with Crippen molar-refractivity contribution in [2.24, 2.45) is 0 Å². The van der Waals surface area contributed by atoms with Gasteiger partial charge in [0.25, 0.3) is 0 Å². The third-order valence-electron chi connectivity index (χ3n) is 3.64. The molecule has 0 radical (unpaired) electrons. The highest BCUT2D eigenvalue weighted by atomic mass is 19.1. The van der Waals surface area contributed by atoms with Crippen LogP contribution in [0.25, 0.3) is 22.3 Å². The molecule has 0 N–H and O–H groups in total. The molecule has 3 aromatic carbocycles.